The number of carbonyl (C=O) groups is 1. The highest BCUT2D eigenvalue weighted by Crippen LogP contribution is 2.29. The van der Waals surface area contributed by atoms with Crippen LogP contribution in [0.15, 0.2) is 42.5 Å². The molecule has 2 aliphatic rings. The van der Waals surface area contributed by atoms with E-state index in [1.807, 2.05) is 0 Å². The van der Waals surface area contributed by atoms with Crippen molar-refractivity contribution in [2.24, 2.45) is 0 Å². The molecule has 27 heavy (non-hydrogen) atoms. The van der Waals surface area contributed by atoms with Crippen molar-refractivity contribution >= 4 is 6.29 Å². The van der Waals surface area contributed by atoms with E-state index in [2.05, 4.69) is 54.3 Å². The fraction of sp³-hybridized carbons (Fsp3) is 0.435. The van der Waals surface area contributed by atoms with E-state index in [9.17, 15) is 9.90 Å². The van der Waals surface area contributed by atoms with Crippen molar-refractivity contribution in [2.45, 2.75) is 51.5 Å². The molecule has 0 aliphatic carbocycles. The molecule has 0 spiro atoms. The fourth-order valence-corrected chi connectivity index (χ4v) is 4.34. The lowest BCUT2D eigenvalue weighted by molar-refractivity contribution is -0.124. The molecule has 2 heterocycles. The summed E-state index contributed by atoms with van der Waals surface area (Å²) < 4.78 is 0. The summed E-state index contributed by atoms with van der Waals surface area (Å²) in [5.74, 6) is 0. The predicted octanol–water partition coefficient (Wildman–Crippen LogP) is 3.21. The third kappa shape index (κ3) is 3.98. The topological polar surface area (TPSA) is 43.8 Å². The van der Waals surface area contributed by atoms with Crippen molar-refractivity contribution in [1.29, 1.82) is 0 Å². The van der Waals surface area contributed by atoms with E-state index >= 15 is 0 Å². The predicted molar refractivity (Wildman–Crippen MR) is 107 cm³/mol. The summed E-state index contributed by atoms with van der Waals surface area (Å²) in [4.78, 5) is 15.2. The maximum absolute atomic E-state index is 10.8. The summed E-state index contributed by atoms with van der Waals surface area (Å²) in [6.45, 7) is 5.97. The van der Waals surface area contributed by atoms with Gasteiger partial charge in [-0.3, -0.25) is 9.69 Å². The van der Waals surface area contributed by atoms with Crippen LogP contribution in [0.5, 0.6) is 0 Å². The SMILES string of the molecule is CC1CCCN1CCc1ccc(-c2ccc3c(c2)CN(C(O)C=O)C3)cc1. The average Bonchev–Trinajstić information content (AvgIpc) is 3.31. The minimum atomic E-state index is -1.02. The monoisotopic (exact) mass is 364 g/mol. The van der Waals surface area contributed by atoms with Crippen molar-refractivity contribution in [2.75, 3.05) is 13.1 Å². The third-order valence-corrected chi connectivity index (χ3v) is 6.11. The summed E-state index contributed by atoms with van der Waals surface area (Å²) >= 11 is 0. The number of aliphatic hydroxyl groups excluding tert-OH is 1. The number of aliphatic hydroxyl groups is 1. The van der Waals surface area contributed by atoms with Crippen molar-refractivity contribution in [1.82, 2.24) is 9.80 Å². The van der Waals surface area contributed by atoms with E-state index in [0.717, 1.165) is 19.0 Å². The Morgan fingerprint density at radius 1 is 1.11 bits per heavy atom. The Labute approximate surface area is 161 Å². The molecule has 142 valence electrons. The van der Waals surface area contributed by atoms with E-state index < -0.39 is 6.23 Å². The molecule has 1 saturated heterocycles. The Morgan fingerprint density at radius 3 is 2.56 bits per heavy atom. The molecular weight excluding hydrogens is 336 g/mol. The number of rotatable bonds is 6. The Kier molecular flexibility index (Phi) is 5.39. The van der Waals surface area contributed by atoms with Crippen molar-refractivity contribution in [3.8, 4) is 11.1 Å². The Hall–Kier alpha value is -2.01. The maximum atomic E-state index is 10.8. The maximum Gasteiger partial charge on any atom is 0.164 e. The lowest BCUT2D eigenvalue weighted by Crippen LogP contribution is -2.31. The smallest absolute Gasteiger partial charge is 0.164 e. The van der Waals surface area contributed by atoms with E-state index in [1.165, 1.54) is 47.2 Å². The van der Waals surface area contributed by atoms with E-state index in [1.54, 1.807) is 4.90 Å². The molecule has 2 aromatic rings. The van der Waals surface area contributed by atoms with Crippen molar-refractivity contribution < 1.29 is 9.90 Å². The molecule has 4 rings (SSSR count). The van der Waals surface area contributed by atoms with Crippen molar-refractivity contribution in [3.63, 3.8) is 0 Å². The number of benzene rings is 2. The number of hydrogen-bond acceptors (Lipinski definition) is 4. The molecule has 0 radical (unpaired) electrons. The van der Waals surface area contributed by atoms with Crippen LogP contribution in [0.4, 0.5) is 0 Å². The van der Waals surface area contributed by atoms with Gasteiger partial charge in [0.2, 0.25) is 0 Å². The Bertz CT molecular complexity index is 803. The lowest BCUT2D eigenvalue weighted by Gasteiger charge is -2.20. The highest BCUT2D eigenvalue weighted by Gasteiger charge is 2.24. The van der Waals surface area contributed by atoms with Crippen LogP contribution >= 0.6 is 0 Å². The van der Waals surface area contributed by atoms with Crippen LogP contribution in [0, 0.1) is 0 Å². The molecule has 0 aromatic heterocycles. The highest BCUT2D eigenvalue weighted by atomic mass is 16.3. The number of carbonyl (C=O) groups excluding carboxylic acids is 1. The molecule has 4 nitrogen and oxygen atoms in total. The fourth-order valence-electron chi connectivity index (χ4n) is 4.34. The molecule has 2 atom stereocenters. The standard InChI is InChI=1S/C23H28N2O2/c1-17-3-2-11-24(17)12-10-18-4-6-19(7-5-18)20-8-9-21-14-25(23(27)16-26)15-22(21)13-20/h4-9,13,16-17,23,27H,2-3,10-12,14-15H2,1H3. The molecule has 1 fully saturated rings. The zero-order valence-electron chi connectivity index (χ0n) is 16.0. The van der Waals surface area contributed by atoms with Gasteiger partial charge in [0.1, 0.15) is 0 Å². The average molecular weight is 364 g/mol. The molecular formula is C23H28N2O2. The van der Waals surface area contributed by atoms with Crippen LogP contribution in [0.2, 0.25) is 0 Å². The summed E-state index contributed by atoms with van der Waals surface area (Å²) in [6.07, 6.45) is 3.35. The third-order valence-electron chi connectivity index (χ3n) is 6.11. The molecule has 4 heteroatoms. The van der Waals surface area contributed by atoms with Gasteiger partial charge in [-0.15, -0.1) is 0 Å². The minimum Gasteiger partial charge on any atom is -0.371 e. The highest BCUT2D eigenvalue weighted by molar-refractivity contribution is 5.66. The van der Waals surface area contributed by atoms with Gasteiger partial charge in [-0.2, -0.15) is 0 Å². The van der Waals surface area contributed by atoms with Gasteiger partial charge in [-0.1, -0.05) is 36.4 Å². The molecule has 2 unspecified atom stereocenters. The normalized spacial score (nSPS) is 21.3. The van der Waals surface area contributed by atoms with E-state index in [0.29, 0.717) is 19.4 Å². The summed E-state index contributed by atoms with van der Waals surface area (Å²) in [5, 5.41) is 9.75. The minimum absolute atomic E-state index is 0.592. The van der Waals surface area contributed by atoms with Gasteiger partial charge in [-0.05, 0) is 66.6 Å². The first-order chi connectivity index (χ1) is 13.1. The Balaban J connectivity index is 1.42. The molecule has 2 aromatic carbocycles. The van der Waals surface area contributed by atoms with Gasteiger partial charge in [0.05, 0.1) is 0 Å². The van der Waals surface area contributed by atoms with Crippen molar-refractivity contribution in [3.05, 3.63) is 59.2 Å². The molecule has 1 N–H and O–H groups in total. The van der Waals surface area contributed by atoms with Gasteiger partial charge in [0.25, 0.3) is 0 Å². The molecule has 0 amide bonds. The van der Waals surface area contributed by atoms with E-state index in [4.69, 9.17) is 0 Å². The molecule has 0 saturated carbocycles. The Morgan fingerprint density at radius 2 is 1.85 bits per heavy atom. The zero-order valence-corrected chi connectivity index (χ0v) is 16.0. The van der Waals surface area contributed by atoms with E-state index in [-0.39, 0.29) is 0 Å². The second-order valence-electron chi connectivity index (χ2n) is 7.91. The van der Waals surface area contributed by atoms with Gasteiger partial charge < -0.3 is 10.0 Å². The van der Waals surface area contributed by atoms with Gasteiger partial charge in [0, 0.05) is 25.7 Å². The van der Waals surface area contributed by atoms with Gasteiger partial charge >= 0.3 is 0 Å². The summed E-state index contributed by atoms with van der Waals surface area (Å²) in [7, 11) is 0. The lowest BCUT2D eigenvalue weighted by atomic mass is 9.99. The van der Waals surface area contributed by atoms with Gasteiger partial charge in [0.15, 0.2) is 12.5 Å². The second-order valence-corrected chi connectivity index (χ2v) is 7.91. The number of nitrogens with zero attached hydrogens (tertiary/aromatic N) is 2. The second kappa shape index (κ2) is 7.93. The quantitative estimate of drug-likeness (QED) is 0.800. The first-order valence-corrected chi connectivity index (χ1v) is 9.96. The zero-order chi connectivity index (χ0) is 18.8. The molecule has 0 bridgehead atoms. The van der Waals surface area contributed by atoms with Crippen LogP contribution in [0.1, 0.15) is 36.5 Å². The van der Waals surface area contributed by atoms with Crippen LogP contribution in [-0.4, -0.2) is 46.6 Å². The number of likely N-dealkylation sites (tertiary alicyclic amines) is 1. The number of fused-ring (bicyclic) bond motifs is 1. The summed E-state index contributed by atoms with van der Waals surface area (Å²) in [6, 6.07) is 16.1. The first kappa shape index (κ1) is 18.4. The largest absolute Gasteiger partial charge is 0.371 e. The van der Waals surface area contributed by atoms with Crippen LogP contribution in [0.3, 0.4) is 0 Å². The summed E-state index contributed by atoms with van der Waals surface area (Å²) in [5.41, 5.74) is 6.18. The van der Waals surface area contributed by atoms with Crippen LogP contribution in [0.25, 0.3) is 11.1 Å². The number of hydrogen-bond donors (Lipinski definition) is 1. The number of aldehydes is 1. The van der Waals surface area contributed by atoms with Crippen LogP contribution in [-0.2, 0) is 24.3 Å². The first-order valence-electron chi connectivity index (χ1n) is 9.96. The van der Waals surface area contributed by atoms with Crippen LogP contribution < -0.4 is 0 Å². The molecule has 2 aliphatic heterocycles. The van der Waals surface area contributed by atoms with Gasteiger partial charge in [-0.25, -0.2) is 0 Å².